The first kappa shape index (κ1) is 14.6. The van der Waals surface area contributed by atoms with E-state index < -0.39 is 0 Å². The van der Waals surface area contributed by atoms with E-state index in [1.54, 1.807) is 0 Å². The average molecular weight is 272 g/mol. The van der Waals surface area contributed by atoms with Gasteiger partial charge in [-0.15, -0.1) is 6.58 Å². The molecule has 0 N–H and O–H groups in total. The van der Waals surface area contributed by atoms with Crippen LogP contribution < -0.4 is 4.90 Å². The molecule has 2 rings (SSSR count). The maximum atomic E-state index is 12.8. The van der Waals surface area contributed by atoms with Gasteiger partial charge < -0.3 is 4.90 Å². The van der Waals surface area contributed by atoms with Gasteiger partial charge in [-0.1, -0.05) is 37.6 Å². The first-order valence-electron chi connectivity index (χ1n) is 7.53. The first-order valence-corrected chi connectivity index (χ1v) is 7.53. The first-order chi connectivity index (χ1) is 9.77. The normalized spacial score (nSPS) is 19.9. The fourth-order valence-electron chi connectivity index (χ4n) is 2.68. The van der Waals surface area contributed by atoms with Crippen LogP contribution >= 0.6 is 0 Å². The summed E-state index contributed by atoms with van der Waals surface area (Å²) < 4.78 is 0. The molecule has 108 valence electrons. The molecule has 1 fully saturated rings. The molecule has 1 heterocycles. The number of urea groups is 1. The van der Waals surface area contributed by atoms with Crippen LogP contribution in [0.25, 0.3) is 0 Å². The lowest BCUT2D eigenvalue weighted by atomic mass is 10.1. The van der Waals surface area contributed by atoms with Crippen LogP contribution in [0.15, 0.2) is 43.0 Å². The highest BCUT2D eigenvalue weighted by Crippen LogP contribution is 2.25. The number of anilines is 1. The third-order valence-corrected chi connectivity index (χ3v) is 3.82. The number of carbonyl (C=O) groups excluding carboxylic acids is 1. The molecule has 0 aromatic heterocycles. The molecule has 0 bridgehead atoms. The SMILES string of the molecule is C=CC1CCCN(CCCC)C(=O)N1c1ccccc1. The van der Waals surface area contributed by atoms with Crippen molar-refractivity contribution in [3.05, 3.63) is 43.0 Å². The van der Waals surface area contributed by atoms with Crippen molar-refractivity contribution in [3.63, 3.8) is 0 Å². The van der Waals surface area contributed by atoms with Crippen LogP contribution in [-0.2, 0) is 0 Å². The molecule has 1 atom stereocenters. The van der Waals surface area contributed by atoms with E-state index in [9.17, 15) is 4.79 Å². The molecule has 0 radical (unpaired) electrons. The third-order valence-electron chi connectivity index (χ3n) is 3.82. The molecular weight excluding hydrogens is 248 g/mol. The third kappa shape index (κ3) is 3.21. The minimum absolute atomic E-state index is 0.0940. The fourth-order valence-corrected chi connectivity index (χ4v) is 2.68. The number of para-hydroxylation sites is 1. The monoisotopic (exact) mass is 272 g/mol. The largest absolute Gasteiger partial charge is 0.325 e. The summed E-state index contributed by atoms with van der Waals surface area (Å²) in [5.41, 5.74) is 0.964. The van der Waals surface area contributed by atoms with Gasteiger partial charge in [-0.05, 0) is 31.4 Å². The predicted molar refractivity (Wildman–Crippen MR) is 84.0 cm³/mol. The van der Waals surface area contributed by atoms with Crippen LogP contribution in [0.5, 0.6) is 0 Å². The lowest BCUT2D eigenvalue weighted by molar-refractivity contribution is 0.207. The summed E-state index contributed by atoms with van der Waals surface area (Å²) in [4.78, 5) is 16.7. The lowest BCUT2D eigenvalue weighted by Crippen LogP contribution is -2.45. The summed E-state index contributed by atoms with van der Waals surface area (Å²) >= 11 is 0. The van der Waals surface area contributed by atoms with Crippen LogP contribution in [0.3, 0.4) is 0 Å². The van der Waals surface area contributed by atoms with E-state index in [0.717, 1.165) is 44.5 Å². The number of rotatable bonds is 5. The van der Waals surface area contributed by atoms with Crippen molar-refractivity contribution in [2.45, 2.75) is 38.6 Å². The molecule has 20 heavy (non-hydrogen) atoms. The van der Waals surface area contributed by atoms with E-state index >= 15 is 0 Å². The molecule has 1 aromatic rings. The van der Waals surface area contributed by atoms with Gasteiger partial charge in [0, 0.05) is 18.8 Å². The Kier molecular flexibility index (Phi) is 5.22. The van der Waals surface area contributed by atoms with Crippen molar-refractivity contribution in [3.8, 4) is 0 Å². The summed E-state index contributed by atoms with van der Waals surface area (Å²) in [6.07, 6.45) is 6.09. The van der Waals surface area contributed by atoms with E-state index in [-0.39, 0.29) is 12.1 Å². The van der Waals surface area contributed by atoms with Crippen molar-refractivity contribution in [1.29, 1.82) is 0 Å². The van der Waals surface area contributed by atoms with Gasteiger partial charge >= 0.3 is 6.03 Å². The Morgan fingerprint density at radius 1 is 1.35 bits per heavy atom. The Morgan fingerprint density at radius 2 is 2.10 bits per heavy atom. The smallest absolute Gasteiger partial charge is 0.324 e. The standard InChI is InChI=1S/C17H24N2O/c1-3-5-13-18-14-9-12-15(4-2)19(17(18)20)16-10-7-6-8-11-16/h4,6-8,10-11,15H,2-3,5,9,12-14H2,1H3. The molecule has 0 aliphatic carbocycles. The van der Waals surface area contributed by atoms with E-state index in [0.29, 0.717) is 0 Å². The van der Waals surface area contributed by atoms with Gasteiger partial charge in [0.15, 0.2) is 0 Å². The van der Waals surface area contributed by atoms with E-state index in [4.69, 9.17) is 0 Å². The highest BCUT2D eigenvalue weighted by atomic mass is 16.2. The molecule has 1 aliphatic heterocycles. The molecule has 1 unspecified atom stereocenters. The number of unbranched alkanes of at least 4 members (excludes halogenated alkanes) is 1. The number of hydrogen-bond acceptors (Lipinski definition) is 1. The van der Waals surface area contributed by atoms with Crippen LogP contribution in [0.1, 0.15) is 32.6 Å². The van der Waals surface area contributed by atoms with Gasteiger partial charge in [-0.2, -0.15) is 0 Å². The number of amides is 2. The second kappa shape index (κ2) is 7.13. The van der Waals surface area contributed by atoms with Gasteiger partial charge in [-0.25, -0.2) is 4.79 Å². The molecule has 1 aliphatic rings. The fraction of sp³-hybridized carbons (Fsp3) is 0.471. The number of nitrogens with zero attached hydrogens (tertiary/aromatic N) is 2. The van der Waals surface area contributed by atoms with Gasteiger partial charge in [0.2, 0.25) is 0 Å². The van der Waals surface area contributed by atoms with Crippen LogP contribution in [0, 0.1) is 0 Å². The lowest BCUT2D eigenvalue weighted by Gasteiger charge is -2.31. The topological polar surface area (TPSA) is 23.6 Å². The zero-order chi connectivity index (χ0) is 14.4. The van der Waals surface area contributed by atoms with Gasteiger partial charge in [-0.3, -0.25) is 4.90 Å². The maximum Gasteiger partial charge on any atom is 0.325 e. The molecule has 0 saturated carbocycles. The number of carbonyl (C=O) groups is 1. The highest BCUT2D eigenvalue weighted by Gasteiger charge is 2.30. The van der Waals surface area contributed by atoms with E-state index in [2.05, 4.69) is 13.5 Å². The van der Waals surface area contributed by atoms with Crippen molar-refractivity contribution < 1.29 is 4.79 Å². The minimum atomic E-state index is 0.0940. The molecule has 0 spiro atoms. The van der Waals surface area contributed by atoms with Crippen LogP contribution in [0.4, 0.5) is 10.5 Å². The second-order valence-electron chi connectivity index (χ2n) is 5.27. The molecule has 3 heteroatoms. The van der Waals surface area contributed by atoms with Crippen molar-refractivity contribution in [2.24, 2.45) is 0 Å². The summed E-state index contributed by atoms with van der Waals surface area (Å²) in [5, 5.41) is 0. The van der Waals surface area contributed by atoms with Crippen molar-refractivity contribution in [2.75, 3.05) is 18.0 Å². The van der Waals surface area contributed by atoms with Crippen molar-refractivity contribution in [1.82, 2.24) is 4.90 Å². The second-order valence-corrected chi connectivity index (χ2v) is 5.27. The maximum absolute atomic E-state index is 12.8. The number of benzene rings is 1. The summed E-state index contributed by atoms with van der Waals surface area (Å²) in [6.45, 7) is 7.77. The van der Waals surface area contributed by atoms with Crippen LogP contribution in [-0.4, -0.2) is 30.1 Å². The molecular formula is C17H24N2O. The molecule has 1 aromatic carbocycles. The highest BCUT2D eigenvalue weighted by molar-refractivity contribution is 5.93. The quantitative estimate of drug-likeness (QED) is 0.741. The number of hydrogen-bond donors (Lipinski definition) is 0. The Labute approximate surface area is 121 Å². The van der Waals surface area contributed by atoms with Crippen LogP contribution in [0.2, 0.25) is 0 Å². The Balaban J connectivity index is 2.26. The zero-order valence-corrected chi connectivity index (χ0v) is 12.3. The van der Waals surface area contributed by atoms with Gasteiger partial charge in [0.25, 0.3) is 0 Å². The Hall–Kier alpha value is -1.77. The average Bonchev–Trinajstić information content (AvgIpc) is 2.65. The van der Waals surface area contributed by atoms with Gasteiger partial charge in [0.05, 0.1) is 6.04 Å². The Bertz CT molecular complexity index is 444. The summed E-state index contributed by atoms with van der Waals surface area (Å²) in [5.74, 6) is 0. The summed E-state index contributed by atoms with van der Waals surface area (Å²) in [7, 11) is 0. The zero-order valence-electron chi connectivity index (χ0n) is 12.3. The molecule has 3 nitrogen and oxygen atoms in total. The van der Waals surface area contributed by atoms with E-state index in [1.165, 1.54) is 0 Å². The molecule has 2 amide bonds. The summed E-state index contributed by atoms with van der Waals surface area (Å²) in [6, 6.07) is 10.1. The Morgan fingerprint density at radius 3 is 2.75 bits per heavy atom. The van der Waals surface area contributed by atoms with Gasteiger partial charge in [0.1, 0.15) is 0 Å². The minimum Gasteiger partial charge on any atom is -0.324 e. The van der Waals surface area contributed by atoms with E-state index in [1.807, 2.05) is 46.2 Å². The van der Waals surface area contributed by atoms with Crippen molar-refractivity contribution >= 4 is 11.7 Å². The molecule has 1 saturated heterocycles. The predicted octanol–water partition coefficient (Wildman–Crippen LogP) is 4.06.